The van der Waals surface area contributed by atoms with E-state index in [2.05, 4.69) is 25.5 Å². The molecule has 1 aliphatic carbocycles. The van der Waals surface area contributed by atoms with Crippen molar-refractivity contribution in [1.29, 1.82) is 0 Å². The Bertz CT molecular complexity index is 469. The summed E-state index contributed by atoms with van der Waals surface area (Å²) in [7, 11) is -0.259. The summed E-state index contributed by atoms with van der Waals surface area (Å²) in [6, 6.07) is 3.32. The predicted molar refractivity (Wildman–Crippen MR) is 99.4 cm³/mol. The summed E-state index contributed by atoms with van der Waals surface area (Å²) in [4.78, 5) is 23.2. The molecule has 0 fully saturated rings. The van der Waals surface area contributed by atoms with E-state index < -0.39 is 8.32 Å². The molecular formula is C19H32O4Si. The second-order valence-electron chi connectivity index (χ2n) is 6.36. The van der Waals surface area contributed by atoms with E-state index in [0.717, 1.165) is 36.5 Å². The highest BCUT2D eigenvalue weighted by molar-refractivity contribution is 6.73. The monoisotopic (exact) mass is 352 g/mol. The Hall–Kier alpha value is -1.20. The standard InChI is InChI=1S/C19H32O4Si/c1-5-24(6-2,7-3)23-17-14-16(18(20)15-17)12-10-8-9-11-13-19(21)22-4/h8,10,14,17H,5-7,9,11-13,15H2,1-4H3/t17-/m0/s1. The molecule has 0 amide bonds. The highest BCUT2D eigenvalue weighted by atomic mass is 28.4. The second-order valence-corrected chi connectivity index (χ2v) is 11.1. The van der Waals surface area contributed by atoms with Gasteiger partial charge in [-0.1, -0.05) is 32.9 Å². The van der Waals surface area contributed by atoms with Crippen LogP contribution in [0.4, 0.5) is 0 Å². The van der Waals surface area contributed by atoms with Gasteiger partial charge in [-0.05, 0) is 49.0 Å². The molecule has 0 spiro atoms. The van der Waals surface area contributed by atoms with Crippen LogP contribution < -0.4 is 0 Å². The number of methoxy groups -OCH3 is 1. The number of ketones is 1. The van der Waals surface area contributed by atoms with Crippen LogP contribution in [0.15, 0.2) is 23.8 Å². The molecule has 0 bridgehead atoms. The van der Waals surface area contributed by atoms with Crippen LogP contribution in [0.2, 0.25) is 18.1 Å². The number of esters is 1. The first-order valence-corrected chi connectivity index (χ1v) is 11.7. The van der Waals surface area contributed by atoms with E-state index in [9.17, 15) is 9.59 Å². The zero-order chi connectivity index (χ0) is 18.0. The average molecular weight is 353 g/mol. The van der Waals surface area contributed by atoms with Gasteiger partial charge in [-0.15, -0.1) is 0 Å². The minimum absolute atomic E-state index is 0.0215. The molecule has 0 radical (unpaired) electrons. The first-order valence-electron chi connectivity index (χ1n) is 9.13. The van der Waals surface area contributed by atoms with E-state index in [-0.39, 0.29) is 17.9 Å². The van der Waals surface area contributed by atoms with Crippen LogP contribution in [0, 0.1) is 0 Å². The topological polar surface area (TPSA) is 52.6 Å². The lowest BCUT2D eigenvalue weighted by molar-refractivity contribution is -0.140. The normalized spacial score (nSPS) is 18.2. The first-order chi connectivity index (χ1) is 11.5. The molecule has 0 N–H and O–H groups in total. The lowest BCUT2D eigenvalue weighted by Crippen LogP contribution is -2.39. The molecule has 0 unspecified atom stereocenters. The summed E-state index contributed by atoms with van der Waals surface area (Å²) in [6.45, 7) is 6.62. The maximum atomic E-state index is 12.2. The fraction of sp³-hybridized carbons (Fsp3) is 0.684. The van der Waals surface area contributed by atoms with E-state index in [0.29, 0.717) is 19.3 Å². The van der Waals surface area contributed by atoms with Crippen molar-refractivity contribution >= 4 is 20.1 Å². The maximum absolute atomic E-state index is 12.2. The fourth-order valence-corrected chi connectivity index (χ4v) is 5.86. The zero-order valence-electron chi connectivity index (χ0n) is 15.6. The van der Waals surface area contributed by atoms with Gasteiger partial charge in [-0.2, -0.15) is 0 Å². The molecule has 0 aromatic rings. The summed E-state index contributed by atoms with van der Waals surface area (Å²) < 4.78 is 11.0. The SMILES string of the molecule is CC[Si](CC)(CC)O[C@H]1C=C(CC=CCCCC(=O)OC)C(=O)C1. The highest BCUT2D eigenvalue weighted by Crippen LogP contribution is 2.29. The van der Waals surface area contributed by atoms with Gasteiger partial charge in [0.1, 0.15) is 0 Å². The first kappa shape index (κ1) is 20.8. The summed E-state index contributed by atoms with van der Waals surface area (Å²) in [6.07, 6.45) is 9.28. The van der Waals surface area contributed by atoms with Gasteiger partial charge >= 0.3 is 5.97 Å². The molecule has 4 nitrogen and oxygen atoms in total. The quantitative estimate of drug-likeness (QED) is 0.237. The summed E-state index contributed by atoms with van der Waals surface area (Å²) >= 11 is 0. The third-order valence-electron chi connectivity index (χ3n) is 4.95. The van der Waals surface area contributed by atoms with Crippen molar-refractivity contribution in [2.24, 2.45) is 0 Å². The number of carbonyl (C=O) groups is 2. The van der Waals surface area contributed by atoms with Crippen molar-refractivity contribution in [3.8, 4) is 0 Å². The lowest BCUT2D eigenvalue weighted by Gasteiger charge is -2.30. The molecule has 0 aliphatic heterocycles. The van der Waals surface area contributed by atoms with Crippen molar-refractivity contribution in [1.82, 2.24) is 0 Å². The molecule has 0 aromatic carbocycles. The highest BCUT2D eigenvalue weighted by Gasteiger charge is 2.34. The minimum Gasteiger partial charge on any atom is -0.469 e. The van der Waals surface area contributed by atoms with Gasteiger partial charge in [-0.3, -0.25) is 9.59 Å². The Morgan fingerprint density at radius 1 is 1.25 bits per heavy atom. The molecule has 0 aromatic heterocycles. The van der Waals surface area contributed by atoms with Crippen LogP contribution in [0.1, 0.15) is 52.9 Å². The molecule has 5 heteroatoms. The maximum Gasteiger partial charge on any atom is 0.305 e. The largest absolute Gasteiger partial charge is 0.469 e. The van der Waals surface area contributed by atoms with Gasteiger partial charge in [0.15, 0.2) is 14.1 Å². The van der Waals surface area contributed by atoms with Crippen molar-refractivity contribution in [2.45, 2.75) is 77.1 Å². The lowest BCUT2D eigenvalue weighted by atomic mass is 10.1. The number of Topliss-reactive ketones (excluding diaryl/α,β-unsaturated/α-hetero) is 1. The second kappa shape index (κ2) is 10.6. The molecule has 1 atom stereocenters. The van der Waals surface area contributed by atoms with Gasteiger partial charge in [0, 0.05) is 12.8 Å². The van der Waals surface area contributed by atoms with E-state index in [1.54, 1.807) is 0 Å². The third-order valence-corrected chi connectivity index (χ3v) is 9.62. The third kappa shape index (κ3) is 6.36. The van der Waals surface area contributed by atoms with Gasteiger partial charge < -0.3 is 9.16 Å². The van der Waals surface area contributed by atoms with Gasteiger partial charge in [0.25, 0.3) is 0 Å². The number of ether oxygens (including phenoxy) is 1. The number of hydrogen-bond acceptors (Lipinski definition) is 4. The Morgan fingerprint density at radius 3 is 2.50 bits per heavy atom. The molecule has 136 valence electrons. The van der Waals surface area contributed by atoms with Crippen LogP contribution in [-0.4, -0.2) is 33.3 Å². The fourth-order valence-electron chi connectivity index (χ4n) is 3.06. The van der Waals surface area contributed by atoms with Crippen LogP contribution in [0.3, 0.4) is 0 Å². The Morgan fingerprint density at radius 2 is 1.92 bits per heavy atom. The summed E-state index contributed by atoms with van der Waals surface area (Å²) in [5, 5.41) is 0. The molecule has 0 saturated heterocycles. The van der Waals surface area contributed by atoms with Crippen LogP contribution in [0.5, 0.6) is 0 Å². The van der Waals surface area contributed by atoms with E-state index in [1.165, 1.54) is 7.11 Å². The van der Waals surface area contributed by atoms with Gasteiger partial charge in [-0.25, -0.2) is 0 Å². The molecule has 1 rings (SSSR count). The van der Waals surface area contributed by atoms with Crippen LogP contribution in [0.25, 0.3) is 0 Å². The average Bonchev–Trinajstić information content (AvgIpc) is 2.94. The van der Waals surface area contributed by atoms with E-state index >= 15 is 0 Å². The van der Waals surface area contributed by atoms with Crippen molar-refractivity contribution in [2.75, 3.05) is 7.11 Å². The minimum atomic E-state index is -1.66. The number of rotatable bonds is 11. The molecular weight excluding hydrogens is 320 g/mol. The Labute approximate surface area is 147 Å². The van der Waals surface area contributed by atoms with E-state index in [4.69, 9.17) is 4.43 Å². The molecule has 0 heterocycles. The Balaban J connectivity index is 2.45. The summed E-state index contributed by atoms with van der Waals surface area (Å²) in [5.74, 6) is 0.0397. The number of allylic oxidation sites excluding steroid dienone is 3. The number of carbonyl (C=O) groups excluding carboxylic acids is 2. The van der Waals surface area contributed by atoms with Crippen molar-refractivity contribution in [3.05, 3.63) is 23.8 Å². The number of unbranched alkanes of at least 4 members (excludes halogenated alkanes) is 1. The van der Waals surface area contributed by atoms with Crippen LogP contribution >= 0.6 is 0 Å². The van der Waals surface area contributed by atoms with Gasteiger partial charge in [0.05, 0.1) is 13.2 Å². The van der Waals surface area contributed by atoms with Crippen molar-refractivity contribution < 1.29 is 18.8 Å². The smallest absolute Gasteiger partial charge is 0.305 e. The molecule has 0 saturated carbocycles. The Kier molecular flexibility index (Phi) is 9.22. The summed E-state index contributed by atoms with van der Waals surface area (Å²) in [5.41, 5.74) is 0.871. The van der Waals surface area contributed by atoms with E-state index in [1.807, 2.05) is 18.2 Å². The van der Waals surface area contributed by atoms with Crippen molar-refractivity contribution in [3.63, 3.8) is 0 Å². The molecule has 24 heavy (non-hydrogen) atoms. The van der Waals surface area contributed by atoms with Crippen LogP contribution in [-0.2, 0) is 18.8 Å². The van der Waals surface area contributed by atoms with Gasteiger partial charge in [0.2, 0.25) is 0 Å². The molecule has 1 aliphatic rings. The predicted octanol–water partition coefficient (Wildman–Crippen LogP) is 4.57. The zero-order valence-corrected chi connectivity index (χ0v) is 16.6. The number of hydrogen-bond donors (Lipinski definition) is 0.